The molecule has 0 bridgehead atoms. The topological polar surface area (TPSA) is 113 Å². The van der Waals surface area contributed by atoms with E-state index in [2.05, 4.69) is 20.5 Å². The number of likely N-dealkylation sites (tertiary alicyclic amines) is 1. The van der Waals surface area contributed by atoms with Crippen LogP contribution in [0.15, 0.2) is 6.20 Å². The summed E-state index contributed by atoms with van der Waals surface area (Å²) in [5.74, 6) is 0.00156. The average Bonchev–Trinajstić information content (AvgIpc) is 3.17. The van der Waals surface area contributed by atoms with Crippen LogP contribution in [0.2, 0.25) is 0 Å². The number of fused-ring (bicyclic) bond motifs is 1. The van der Waals surface area contributed by atoms with Crippen LogP contribution in [-0.4, -0.2) is 98.8 Å². The van der Waals surface area contributed by atoms with Crippen molar-refractivity contribution in [2.45, 2.75) is 89.1 Å². The molecule has 5 atom stereocenters. The molecule has 3 saturated heterocycles. The quantitative estimate of drug-likeness (QED) is 0.624. The van der Waals surface area contributed by atoms with Gasteiger partial charge in [-0.15, -0.1) is 5.10 Å². The number of β-amino-alcohol motifs (C(OH)–C–C–N with tert-alkyl or cyclic N) is 1. The monoisotopic (exact) mass is 474 g/mol. The smallest absolute Gasteiger partial charge is 0.248 e. The van der Waals surface area contributed by atoms with Crippen molar-refractivity contribution in [3.8, 4) is 0 Å². The van der Waals surface area contributed by atoms with Gasteiger partial charge in [-0.05, 0) is 37.6 Å². The fraction of sp³-hybridized carbons (Fsp3) is 0.833. The van der Waals surface area contributed by atoms with Gasteiger partial charge in [-0.2, -0.15) is 0 Å². The van der Waals surface area contributed by atoms with Gasteiger partial charge in [0.05, 0.1) is 24.5 Å². The molecule has 1 aliphatic carbocycles. The molecule has 4 unspecified atom stereocenters. The van der Waals surface area contributed by atoms with Crippen LogP contribution in [0.5, 0.6) is 0 Å². The third-order valence-electron chi connectivity index (χ3n) is 7.67. The molecule has 5 rings (SSSR count). The summed E-state index contributed by atoms with van der Waals surface area (Å²) in [6.45, 7) is 9.14. The maximum Gasteiger partial charge on any atom is 0.248 e. The lowest BCUT2D eigenvalue weighted by molar-refractivity contribution is -0.144. The first-order valence-corrected chi connectivity index (χ1v) is 12.7. The number of rotatable bonds is 6. The normalized spacial score (nSPS) is 30.9. The molecule has 10 heteroatoms. The van der Waals surface area contributed by atoms with E-state index in [0.717, 1.165) is 31.6 Å². The number of amides is 2. The maximum atomic E-state index is 13.8. The Bertz CT molecular complexity index is 910. The summed E-state index contributed by atoms with van der Waals surface area (Å²) in [6, 6.07) is -0.805. The highest BCUT2D eigenvalue weighted by Gasteiger charge is 2.45. The Morgan fingerprint density at radius 3 is 2.79 bits per heavy atom. The van der Waals surface area contributed by atoms with Crippen molar-refractivity contribution < 1.29 is 19.4 Å². The van der Waals surface area contributed by atoms with Gasteiger partial charge in [0.25, 0.3) is 0 Å². The van der Waals surface area contributed by atoms with E-state index >= 15 is 0 Å². The second kappa shape index (κ2) is 9.20. The number of aliphatic hydroxyl groups is 1. The number of hydrogen-bond acceptors (Lipinski definition) is 7. The number of morpholine rings is 1. The molecule has 2 N–H and O–H groups in total. The van der Waals surface area contributed by atoms with Gasteiger partial charge in [0.2, 0.25) is 11.8 Å². The summed E-state index contributed by atoms with van der Waals surface area (Å²) in [7, 11) is 0. The largest absolute Gasteiger partial charge is 0.391 e. The van der Waals surface area contributed by atoms with Crippen molar-refractivity contribution >= 4 is 11.8 Å². The van der Waals surface area contributed by atoms with Crippen molar-refractivity contribution in [2.75, 3.05) is 32.8 Å². The van der Waals surface area contributed by atoms with Gasteiger partial charge < -0.3 is 20.1 Å². The molecule has 2 amide bonds. The van der Waals surface area contributed by atoms with Crippen molar-refractivity contribution in [3.63, 3.8) is 0 Å². The van der Waals surface area contributed by atoms with E-state index in [1.54, 1.807) is 4.68 Å². The molecule has 4 aliphatic rings. The van der Waals surface area contributed by atoms with Gasteiger partial charge in [0.15, 0.2) is 0 Å². The molecule has 1 aromatic rings. The molecule has 0 radical (unpaired) electrons. The van der Waals surface area contributed by atoms with E-state index in [1.165, 1.54) is 17.7 Å². The molecule has 188 valence electrons. The summed E-state index contributed by atoms with van der Waals surface area (Å²) < 4.78 is 7.61. The van der Waals surface area contributed by atoms with E-state index in [0.29, 0.717) is 25.1 Å². The number of aromatic nitrogens is 3. The van der Waals surface area contributed by atoms with E-state index < -0.39 is 23.6 Å². The van der Waals surface area contributed by atoms with Crippen LogP contribution in [0.25, 0.3) is 0 Å². The SMILES string of the molecule is CC(C)(C)[C@@H](C(=O)N1CC(O)CC1C(=O)NCC1CN2CCCC2CO1)n1cc(C2CC2)nn1. The third kappa shape index (κ3) is 4.85. The van der Waals surface area contributed by atoms with E-state index in [1.807, 2.05) is 27.0 Å². The average molecular weight is 475 g/mol. The molecule has 0 spiro atoms. The summed E-state index contributed by atoms with van der Waals surface area (Å²) in [5, 5.41) is 22.0. The molecular weight excluding hydrogens is 436 g/mol. The number of carbonyl (C=O) groups is 2. The lowest BCUT2D eigenvalue weighted by atomic mass is 9.85. The number of nitrogens with one attached hydrogen (secondary N) is 1. The molecule has 0 aromatic carbocycles. The number of aliphatic hydroxyl groups excluding tert-OH is 1. The van der Waals surface area contributed by atoms with Gasteiger partial charge in [0, 0.05) is 44.2 Å². The van der Waals surface area contributed by atoms with Crippen molar-refractivity contribution in [1.82, 2.24) is 30.1 Å². The molecule has 4 heterocycles. The standard InChI is InChI=1S/C24H38N6O4/c1-24(2,3)21(30-13-19(26-27-30)15-6-7-15)23(33)29-11-17(31)9-20(29)22(32)25-10-18-12-28-8-4-5-16(28)14-34-18/h13,15-18,20-21,31H,4-12,14H2,1-3H3,(H,25,32)/t16?,17?,18?,20?,21-/m1/s1. The molecule has 1 saturated carbocycles. The van der Waals surface area contributed by atoms with Crippen LogP contribution < -0.4 is 5.32 Å². The van der Waals surface area contributed by atoms with Crippen molar-refractivity contribution in [2.24, 2.45) is 5.41 Å². The van der Waals surface area contributed by atoms with Crippen molar-refractivity contribution in [3.05, 3.63) is 11.9 Å². The van der Waals surface area contributed by atoms with Crippen LogP contribution in [-0.2, 0) is 14.3 Å². The van der Waals surface area contributed by atoms with Crippen LogP contribution in [0.4, 0.5) is 0 Å². The summed E-state index contributed by atoms with van der Waals surface area (Å²) in [6.07, 6.45) is 5.93. The number of nitrogens with zero attached hydrogens (tertiary/aromatic N) is 5. The zero-order valence-electron chi connectivity index (χ0n) is 20.5. The van der Waals surface area contributed by atoms with Gasteiger partial charge in [-0.3, -0.25) is 14.5 Å². The van der Waals surface area contributed by atoms with Crippen molar-refractivity contribution in [1.29, 1.82) is 0 Å². The highest BCUT2D eigenvalue weighted by Crippen LogP contribution is 2.40. The fourth-order valence-corrected chi connectivity index (χ4v) is 5.67. The highest BCUT2D eigenvalue weighted by molar-refractivity contribution is 5.90. The molecule has 1 aromatic heterocycles. The third-order valence-corrected chi connectivity index (χ3v) is 7.67. The minimum Gasteiger partial charge on any atom is -0.391 e. The molecule has 10 nitrogen and oxygen atoms in total. The fourth-order valence-electron chi connectivity index (χ4n) is 5.67. The highest BCUT2D eigenvalue weighted by atomic mass is 16.5. The minimum atomic E-state index is -0.727. The van der Waals surface area contributed by atoms with Gasteiger partial charge in [0.1, 0.15) is 12.1 Å². The summed E-state index contributed by atoms with van der Waals surface area (Å²) in [5.41, 5.74) is 0.480. The Hall–Kier alpha value is -2.04. The number of carbonyl (C=O) groups excluding carboxylic acids is 2. The van der Waals surface area contributed by atoms with Gasteiger partial charge in [-0.25, -0.2) is 4.68 Å². The second-order valence-electron chi connectivity index (χ2n) is 11.6. The Labute approximate surface area is 201 Å². The Balaban J connectivity index is 1.26. The number of ether oxygens (including phenoxy) is 1. The first-order chi connectivity index (χ1) is 16.2. The predicted molar refractivity (Wildman–Crippen MR) is 124 cm³/mol. The second-order valence-corrected chi connectivity index (χ2v) is 11.6. The lowest BCUT2D eigenvalue weighted by Crippen LogP contribution is -2.53. The van der Waals surface area contributed by atoms with Crippen LogP contribution in [0.3, 0.4) is 0 Å². The Morgan fingerprint density at radius 2 is 2.06 bits per heavy atom. The Kier molecular flexibility index (Phi) is 6.41. The molecular formula is C24H38N6O4. The van der Waals surface area contributed by atoms with Crippen LogP contribution >= 0.6 is 0 Å². The first-order valence-electron chi connectivity index (χ1n) is 12.7. The minimum absolute atomic E-state index is 0.0490. The molecule has 4 fully saturated rings. The predicted octanol–water partition coefficient (Wildman–Crippen LogP) is 0.684. The Morgan fingerprint density at radius 1 is 1.26 bits per heavy atom. The number of hydrogen-bond donors (Lipinski definition) is 2. The lowest BCUT2D eigenvalue weighted by Gasteiger charge is -2.36. The van der Waals surface area contributed by atoms with Crippen LogP contribution in [0.1, 0.15) is 70.5 Å². The van der Waals surface area contributed by atoms with E-state index in [9.17, 15) is 14.7 Å². The first kappa shape index (κ1) is 23.7. The zero-order valence-corrected chi connectivity index (χ0v) is 20.5. The summed E-state index contributed by atoms with van der Waals surface area (Å²) >= 11 is 0. The zero-order chi connectivity index (χ0) is 24.0. The van der Waals surface area contributed by atoms with E-state index in [-0.39, 0.29) is 30.9 Å². The molecule has 3 aliphatic heterocycles. The molecule has 34 heavy (non-hydrogen) atoms. The summed E-state index contributed by atoms with van der Waals surface area (Å²) in [4.78, 5) is 30.9. The van der Waals surface area contributed by atoms with Gasteiger partial charge >= 0.3 is 0 Å². The maximum absolute atomic E-state index is 13.8. The van der Waals surface area contributed by atoms with Gasteiger partial charge in [-0.1, -0.05) is 26.0 Å². The van der Waals surface area contributed by atoms with E-state index in [4.69, 9.17) is 4.74 Å². The van der Waals surface area contributed by atoms with Crippen LogP contribution in [0, 0.1) is 5.41 Å².